The van der Waals surface area contributed by atoms with Crippen LogP contribution >= 0.6 is 11.8 Å². The maximum atomic E-state index is 3.74. The molecule has 0 spiro atoms. The second-order valence-electron chi connectivity index (χ2n) is 1.60. The van der Waals surface area contributed by atoms with Crippen LogP contribution in [0.2, 0.25) is 0 Å². The molecule has 0 bridgehead atoms. The molecule has 47 valence electrons. The number of unbranched alkanes of at least 4 members (excludes halogenated alkanes) is 2. The van der Waals surface area contributed by atoms with Gasteiger partial charge in [-0.15, -0.1) is 11.8 Å². The van der Waals surface area contributed by atoms with Gasteiger partial charge in [0, 0.05) is 0 Å². The Kier molecular flexibility index (Phi) is 7.17. The van der Waals surface area contributed by atoms with Crippen molar-refractivity contribution >= 4 is 11.8 Å². The van der Waals surface area contributed by atoms with Gasteiger partial charge in [0.05, 0.1) is 0 Å². The predicted molar refractivity (Wildman–Crippen MR) is 41.9 cm³/mol. The van der Waals surface area contributed by atoms with Crippen molar-refractivity contribution < 1.29 is 0 Å². The molecule has 0 aliphatic heterocycles. The first kappa shape index (κ1) is 8.09. The Morgan fingerprint density at radius 1 is 1.62 bits per heavy atom. The summed E-state index contributed by atoms with van der Waals surface area (Å²) in [4.78, 5) is 0. The number of allylic oxidation sites excluding steroid dienone is 1. The third-order valence-corrected chi connectivity index (χ3v) is 1.32. The van der Waals surface area contributed by atoms with Crippen molar-refractivity contribution in [1.29, 1.82) is 0 Å². The monoisotopic (exact) mass is 129 g/mol. The van der Waals surface area contributed by atoms with E-state index in [0.717, 1.165) is 6.42 Å². The van der Waals surface area contributed by atoms with Crippen LogP contribution in [-0.2, 0) is 0 Å². The fraction of sp³-hybridized carbons (Fsp3) is 0.571. The van der Waals surface area contributed by atoms with Crippen LogP contribution in [0.15, 0.2) is 11.5 Å². The molecule has 0 N–H and O–H groups in total. The minimum Gasteiger partial charge on any atom is -0.138 e. The van der Waals surface area contributed by atoms with Gasteiger partial charge in [0.1, 0.15) is 0 Å². The number of thioether (sulfide) groups is 1. The van der Waals surface area contributed by atoms with Gasteiger partial charge in [-0.05, 0) is 24.5 Å². The summed E-state index contributed by atoms with van der Waals surface area (Å²) in [6, 6.07) is 0. The fourth-order valence-corrected chi connectivity index (χ4v) is 0.755. The van der Waals surface area contributed by atoms with E-state index in [1.54, 1.807) is 11.8 Å². The summed E-state index contributed by atoms with van der Waals surface area (Å²) in [5.41, 5.74) is 0. The van der Waals surface area contributed by atoms with Gasteiger partial charge in [-0.25, -0.2) is 0 Å². The Morgan fingerprint density at radius 2 is 2.38 bits per heavy atom. The lowest BCUT2D eigenvalue weighted by atomic mass is 10.2. The molecule has 0 fully saturated rings. The van der Waals surface area contributed by atoms with Crippen molar-refractivity contribution in [1.82, 2.24) is 0 Å². The summed E-state index contributed by atoms with van der Waals surface area (Å²) in [5, 5.41) is 2.12. The van der Waals surface area contributed by atoms with Gasteiger partial charge < -0.3 is 0 Å². The molecule has 0 saturated heterocycles. The van der Waals surface area contributed by atoms with Gasteiger partial charge >= 0.3 is 0 Å². The molecule has 8 heavy (non-hydrogen) atoms. The first-order valence-electron chi connectivity index (χ1n) is 2.89. The maximum Gasteiger partial charge on any atom is -0.0142 e. The van der Waals surface area contributed by atoms with Crippen LogP contribution in [-0.4, -0.2) is 6.26 Å². The average molecular weight is 129 g/mol. The molecule has 0 amide bonds. The van der Waals surface area contributed by atoms with Crippen LogP contribution in [0.5, 0.6) is 0 Å². The van der Waals surface area contributed by atoms with Crippen molar-refractivity contribution in [2.75, 3.05) is 6.26 Å². The summed E-state index contributed by atoms with van der Waals surface area (Å²) < 4.78 is 0. The minimum atomic E-state index is 1.05. The van der Waals surface area contributed by atoms with Gasteiger partial charge in [0.2, 0.25) is 0 Å². The van der Waals surface area contributed by atoms with Gasteiger partial charge in [0.25, 0.3) is 0 Å². The third-order valence-electron chi connectivity index (χ3n) is 0.853. The maximum absolute atomic E-state index is 3.74. The van der Waals surface area contributed by atoms with Gasteiger partial charge in [-0.3, -0.25) is 0 Å². The molecular weight excluding hydrogens is 116 g/mol. The molecule has 0 heterocycles. The molecule has 0 nitrogen and oxygen atoms in total. The Bertz CT molecular complexity index is 57.4. The van der Waals surface area contributed by atoms with Crippen molar-refractivity contribution in [3.8, 4) is 0 Å². The molecule has 0 rings (SSSR count). The van der Waals surface area contributed by atoms with Gasteiger partial charge in [-0.2, -0.15) is 0 Å². The average Bonchev–Trinajstić information content (AvgIpc) is 1.81. The molecule has 1 radical (unpaired) electrons. The Hall–Kier alpha value is 0.0900. The molecule has 0 saturated carbocycles. The highest BCUT2D eigenvalue weighted by Crippen LogP contribution is 1.99. The van der Waals surface area contributed by atoms with Crippen LogP contribution in [0.1, 0.15) is 19.3 Å². The molecule has 0 aromatic carbocycles. The molecule has 0 aliphatic carbocycles. The smallest absolute Gasteiger partial charge is 0.0142 e. The topological polar surface area (TPSA) is 0 Å². The highest BCUT2D eigenvalue weighted by molar-refractivity contribution is 8.01. The first-order valence-corrected chi connectivity index (χ1v) is 4.17. The molecular formula is C7H13S. The number of hydrogen-bond donors (Lipinski definition) is 0. The largest absolute Gasteiger partial charge is 0.138 e. The van der Waals surface area contributed by atoms with E-state index < -0.39 is 0 Å². The van der Waals surface area contributed by atoms with Crippen molar-refractivity contribution in [2.24, 2.45) is 0 Å². The zero-order valence-corrected chi connectivity index (χ0v) is 6.21. The normalized spacial score (nSPS) is 10.8. The second-order valence-corrected chi connectivity index (χ2v) is 2.35. The Balaban J connectivity index is 2.80. The van der Waals surface area contributed by atoms with Crippen LogP contribution in [0.3, 0.4) is 0 Å². The lowest BCUT2D eigenvalue weighted by Gasteiger charge is -1.85. The lowest BCUT2D eigenvalue weighted by molar-refractivity contribution is 0.867. The van der Waals surface area contributed by atoms with E-state index in [0.29, 0.717) is 0 Å². The van der Waals surface area contributed by atoms with Gasteiger partial charge in [0.15, 0.2) is 0 Å². The fourth-order valence-electron chi connectivity index (χ4n) is 0.426. The summed E-state index contributed by atoms with van der Waals surface area (Å²) in [6.45, 7) is 3.74. The summed E-state index contributed by atoms with van der Waals surface area (Å²) in [7, 11) is 0. The standard InChI is InChI=1S/C7H13S/c1-3-4-5-6-7-8-2/h6-7H,1,3-5H2,2H3/b7-6+. The van der Waals surface area contributed by atoms with Crippen molar-refractivity contribution in [3.05, 3.63) is 18.4 Å². The molecule has 0 aliphatic rings. The lowest BCUT2D eigenvalue weighted by Crippen LogP contribution is -1.64. The van der Waals surface area contributed by atoms with E-state index in [1.807, 2.05) is 0 Å². The Labute approximate surface area is 56.4 Å². The van der Waals surface area contributed by atoms with Gasteiger partial charge in [-0.1, -0.05) is 19.4 Å². The van der Waals surface area contributed by atoms with Crippen LogP contribution in [0.4, 0.5) is 0 Å². The zero-order chi connectivity index (χ0) is 6.24. The van der Waals surface area contributed by atoms with Crippen LogP contribution < -0.4 is 0 Å². The molecule has 0 aromatic heterocycles. The molecule has 0 unspecified atom stereocenters. The van der Waals surface area contributed by atoms with E-state index in [-0.39, 0.29) is 0 Å². The summed E-state index contributed by atoms with van der Waals surface area (Å²) in [6.07, 6.45) is 7.72. The van der Waals surface area contributed by atoms with E-state index in [4.69, 9.17) is 0 Å². The number of rotatable bonds is 4. The van der Waals surface area contributed by atoms with Crippen molar-refractivity contribution in [3.63, 3.8) is 0 Å². The molecule has 0 aromatic rings. The minimum absolute atomic E-state index is 1.05. The molecule has 1 heteroatoms. The quantitative estimate of drug-likeness (QED) is 0.526. The van der Waals surface area contributed by atoms with Crippen molar-refractivity contribution in [2.45, 2.75) is 19.3 Å². The van der Waals surface area contributed by atoms with Crippen LogP contribution in [0.25, 0.3) is 0 Å². The SMILES string of the molecule is [CH2]CCC/C=C/SC. The zero-order valence-electron chi connectivity index (χ0n) is 5.39. The highest BCUT2D eigenvalue weighted by atomic mass is 32.2. The number of hydrogen-bond acceptors (Lipinski definition) is 1. The van der Waals surface area contributed by atoms with Crippen LogP contribution in [0, 0.1) is 6.92 Å². The van der Waals surface area contributed by atoms with E-state index in [2.05, 4.69) is 24.7 Å². The van der Waals surface area contributed by atoms with E-state index in [9.17, 15) is 0 Å². The molecule has 0 atom stereocenters. The van der Waals surface area contributed by atoms with E-state index >= 15 is 0 Å². The summed E-state index contributed by atoms with van der Waals surface area (Å²) >= 11 is 1.75. The predicted octanol–water partition coefficient (Wildman–Crippen LogP) is 2.87. The highest BCUT2D eigenvalue weighted by Gasteiger charge is 1.74. The Morgan fingerprint density at radius 3 is 2.88 bits per heavy atom. The summed E-state index contributed by atoms with van der Waals surface area (Å²) in [5.74, 6) is 0. The first-order chi connectivity index (χ1) is 3.91. The second kappa shape index (κ2) is 7.09. The third kappa shape index (κ3) is 6.09. The van der Waals surface area contributed by atoms with E-state index in [1.165, 1.54) is 12.8 Å².